The molecule has 1 rings (SSSR count). The lowest BCUT2D eigenvalue weighted by molar-refractivity contribution is 0.156. The van der Waals surface area contributed by atoms with E-state index in [2.05, 4.69) is 49.0 Å². The number of nitrogens with one attached hydrogen (secondary N) is 1. The molecule has 4 heteroatoms. The quantitative estimate of drug-likeness (QED) is 0.769. The molecule has 94 valence electrons. The molecule has 1 aromatic carbocycles. The Hall–Kier alpha value is -1.55. The highest BCUT2D eigenvalue weighted by Crippen LogP contribution is 2.16. The zero-order valence-electron chi connectivity index (χ0n) is 10.6. The van der Waals surface area contributed by atoms with Crippen molar-refractivity contribution in [3.8, 4) is 0 Å². The van der Waals surface area contributed by atoms with E-state index in [1.54, 1.807) is 0 Å². The van der Waals surface area contributed by atoms with Crippen LogP contribution in [0.15, 0.2) is 18.2 Å². The van der Waals surface area contributed by atoms with E-state index in [0.29, 0.717) is 13.2 Å². The monoisotopic (exact) mass is 236 g/mol. The van der Waals surface area contributed by atoms with Crippen LogP contribution in [0, 0.1) is 13.8 Å². The van der Waals surface area contributed by atoms with Gasteiger partial charge in [0, 0.05) is 12.6 Å². The van der Waals surface area contributed by atoms with Gasteiger partial charge in [0.15, 0.2) is 0 Å². The number of primary amides is 1. The van der Waals surface area contributed by atoms with Gasteiger partial charge in [-0.15, -0.1) is 0 Å². The molecule has 0 bridgehead atoms. The molecule has 0 heterocycles. The van der Waals surface area contributed by atoms with E-state index >= 15 is 0 Å². The first-order valence-corrected chi connectivity index (χ1v) is 5.73. The maximum absolute atomic E-state index is 10.4. The minimum atomic E-state index is -0.731. The number of rotatable bonds is 5. The van der Waals surface area contributed by atoms with Crippen LogP contribution in [0.1, 0.15) is 29.7 Å². The molecule has 0 saturated carbocycles. The lowest BCUT2D eigenvalue weighted by Gasteiger charge is -2.15. The number of nitrogens with two attached hydrogens (primary N) is 1. The summed E-state index contributed by atoms with van der Waals surface area (Å²) in [7, 11) is 0. The van der Waals surface area contributed by atoms with Crippen LogP contribution in [0.25, 0.3) is 0 Å². The van der Waals surface area contributed by atoms with Crippen LogP contribution >= 0.6 is 0 Å². The van der Waals surface area contributed by atoms with Gasteiger partial charge in [0.2, 0.25) is 0 Å². The van der Waals surface area contributed by atoms with Gasteiger partial charge in [-0.2, -0.15) is 0 Å². The predicted molar refractivity (Wildman–Crippen MR) is 67.9 cm³/mol. The molecule has 1 aromatic rings. The van der Waals surface area contributed by atoms with Crippen molar-refractivity contribution in [3.63, 3.8) is 0 Å². The van der Waals surface area contributed by atoms with Crippen molar-refractivity contribution >= 4 is 6.09 Å². The van der Waals surface area contributed by atoms with Crippen molar-refractivity contribution in [1.82, 2.24) is 5.32 Å². The fourth-order valence-electron chi connectivity index (χ4n) is 1.58. The summed E-state index contributed by atoms with van der Waals surface area (Å²) in [5, 5.41) is 3.27. The number of carbonyl (C=O) groups excluding carboxylic acids is 1. The maximum Gasteiger partial charge on any atom is 0.404 e. The molecule has 1 amide bonds. The second-order valence-corrected chi connectivity index (χ2v) is 4.19. The van der Waals surface area contributed by atoms with Crippen LogP contribution in [0.3, 0.4) is 0 Å². The van der Waals surface area contributed by atoms with Gasteiger partial charge in [0.25, 0.3) is 0 Å². The molecule has 0 aliphatic heterocycles. The van der Waals surface area contributed by atoms with Gasteiger partial charge in [-0.1, -0.05) is 18.2 Å². The number of hydrogen-bond acceptors (Lipinski definition) is 3. The highest BCUT2D eigenvalue weighted by Gasteiger charge is 2.05. The molecule has 1 atom stereocenters. The molecule has 17 heavy (non-hydrogen) atoms. The summed E-state index contributed by atoms with van der Waals surface area (Å²) < 4.78 is 4.65. The van der Waals surface area contributed by atoms with Crippen LogP contribution in [0.4, 0.5) is 4.79 Å². The topological polar surface area (TPSA) is 64.3 Å². The summed E-state index contributed by atoms with van der Waals surface area (Å²) in [5.74, 6) is 0. The average Bonchev–Trinajstić information content (AvgIpc) is 2.27. The molecule has 0 aliphatic carbocycles. The number of ether oxygens (including phenoxy) is 1. The molecule has 0 aliphatic rings. The van der Waals surface area contributed by atoms with Crippen LogP contribution in [-0.4, -0.2) is 19.2 Å². The third-order valence-electron chi connectivity index (χ3n) is 2.83. The molecule has 0 fully saturated rings. The van der Waals surface area contributed by atoms with E-state index in [4.69, 9.17) is 5.73 Å². The minimum absolute atomic E-state index is 0.228. The second kappa shape index (κ2) is 6.25. The Morgan fingerprint density at radius 1 is 1.41 bits per heavy atom. The molecule has 0 spiro atoms. The van der Waals surface area contributed by atoms with Gasteiger partial charge in [-0.3, -0.25) is 0 Å². The Morgan fingerprint density at radius 3 is 2.71 bits per heavy atom. The molecule has 0 saturated heterocycles. The second-order valence-electron chi connectivity index (χ2n) is 4.19. The summed E-state index contributed by atoms with van der Waals surface area (Å²) in [6.45, 7) is 7.16. The Balaban J connectivity index is 2.44. The maximum atomic E-state index is 10.4. The van der Waals surface area contributed by atoms with Crippen molar-refractivity contribution in [2.45, 2.75) is 26.8 Å². The van der Waals surface area contributed by atoms with Crippen LogP contribution in [0.5, 0.6) is 0 Å². The zero-order valence-corrected chi connectivity index (χ0v) is 10.6. The standard InChI is InChI=1S/C13H20N2O2/c1-9-4-5-12(8-10(9)2)11(3)15-6-7-17-13(14)16/h4-5,8,11,15H,6-7H2,1-3H3,(H2,14,16). The minimum Gasteiger partial charge on any atom is -0.448 e. The average molecular weight is 236 g/mol. The number of amides is 1. The lowest BCUT2D eigenvalue weighted by Crippen LogP contribution is -2.26. The molecule has 1 unspecified atom stereocenters. The van der Waals surface area contributed by atoms with Crippen molar-refractivity contribution in [3.05, 3.63) is 34.9 Å². The molecule has 4 nitrogen and oxygen atoms in total. The van der Waals surface area contributed by atoms with Crippen LogP contribution in [0.2, 0.25) is 0 Å². The van der Waals surface area contributed by atoms with Gasteiger partial charge in [0.1, 0.15) is 6.61 Å². The normalized spacial score (nSPS) is 12.2. The van der Waals surface area contributed by atoms with Gasteiger partial charge < -0.3 is 15.8 Å². The van der Waals surface area contributed by atoms with Gasteiger partial charge in [-0.05, 0) is 37.5 Å². The molecular formula is C13H20N2O2. The van der Waals surface area contributed by atoms with E-state index in [1.807, 2.05) is 0 Å². The number of aryl methyl sites for hydroxylation is 2. The largest absolute Gasteiger partial charge is 0.448 e. The van der Waals surface area contributed by atoms with E-state index in [-0.39, 0.29) is 6.04 Å². The van der Waals surface area contributed by atoms with Gasteiger partial charge in [-0.25, -0.2) is 4.79 Å². The molecule has 3 N–H and O–H groups in total. The third-order valence-corrected chi connectivity index (χ3v) is 2.83. The molecule has 0 radical (unpaired) electrons. The fraction of sp³-hybridized carbons (Fsp3) is 0.462. The molecule has 0 aromatic heterocycles. The van der Waals surface area contributed by atoms with E-state index in [9.17, 15) is 4.79 Å². The zero-order chi connectivity index (χ0) is 12.8. The SMILES string of the molecule is Cc1ccc(C(C)NCCOC(N)=O)cc1C. The fourth-order valence-corrected chi connectivity index (χ4v) is 1.58. The highest BCUT2D eigenvalue weighted by atomic mass is 16.5. The van der Waals surface area contributed by atoms with E-state index < -0.39 is 6.09 Å². The predicted octanol–water partition coefficient (Wildman–Crippen LogP) is 2.05. The van der Waals surface area contributed by atoms with Gasteiger partial charge in [0.05, 0.1) is 0 Å². The number of carbonyl (C=O) groups is 1. The van der Waals surface area contributed by atoms with Crippen molar-refractivity contribution < 1.29 is 9.53 Å². The summed E-state index contributed by atoms with van der Waals surface area (Å²) in [5.41, 5.74) is 8.67. The number of benzene rings is 1. The first kappa shape index (κ1) is 13.5. The van der Waals surface area contributed by atoms with Crippen LogP contribution in [-0.2, 0) is 4.74 Å². The summed E-state index contributed by atoms with van der Waals surface area (Å²) in [6.07, 6.45) is -0.731. The summed E-state index contributed by atoms with van der Waals surface area (Å²) in [6, 6.07) is 6.62. The number of hydrogen-bond donors (Lipinski definition) is 2. The first-order chi connectivity index (χ1) is 8.00. The van der Waals surface area contributed by atoms with E-state index in [1.165, 1.54) is 16.7 Å². The van der Waals surface area contributed by atoms with Crippen molar-refractivity contribution in [2.24, 2.45) is 5.73 Å². The summed E-state index contributed by atoms with van der Waals surface area (Å²) in [4.78, 5) is 10.4. The smallest absolute Gasteiger partial charge is 0.404 e. The Labute approximate surface area is 102 Å². The van der Waals surface area contributed by atoms with Crippen molar-refractivity contribution in [1.29, 1.82) is 0 Å². The summed E-state index contributed by atoms with van der Waals surface area (Å²) >= 11 is 0. The molecular weight excluding hydrogens is 216 g/mol. The first-order valence-electron chi connectivity index (χ1n) is 5.73. The third kappa shape index (κ3) is 4.44. The van der Waals surface area contributed by atoms with Gasteiger partial charge >= 0.3 is 6.09 Å². The van der Waals surface area contributed by atoms with Crippen LogP contribution < -0.4 is 11.1 Å². The lowest BCUT2D eigenvalue weighted by atomic mass is 10.0. The van der Waals surface area contributed by atoms with E-state index in [0.717, 1.165) is 0 Å². The Morgan fingerprint density at radius 2 is 2.12 bits per heavy atom. The van der Waals surface area contributed by atoms with Crippen molar-refractivity contribution in [2.75, 3.05) is 13.2 Å². The Bertz CT molecular complexity index is 391. The Kier molecular flexibility index (Phi) is 4.97. The highest BCUT2D eigenvalue weighted by molar-refractivity contribution is 5.64.